The Morgan fingerprint density at radius 3 is 2.84 bits per heavy atom. The summed E-state index contributed by atoms with van der Waals surface area (Å²) in [6.07, 6.45) is 1.28. The van der Waals surface area contributed by atoms with Crippen LogP contribution in [0.1, 0.15) is 18.4 Å². The summed E-state index contributed by atoms with van der Waals surface area (Å²) >= 11 is 5.94. The number of nitrogens with zero attached hydrogens (tertiary/aromatic N) is 2. The second-order valence-corrected chi connectivity index (χ2v) is 9.40. The van der Waals surface area contributed by atoms with Crippen LogP contribution in [-0.4, -0.2) is 69.8 Å². The van der Waals surface area contributed by atoms with Crippen molar-refractivity contribution in [3.05, 3.63) is 34.9 Å². The summed E-state index contributed by atoms with van der Waals surface area (Å²) in [5.74, 6) is -0.0473. The molecule has 8 heteroatoms. The lowest BCUT2D eigenvalue weighted by Crippen LogP contribution is -2.50. The summed E-state index contributed by atoms with van der Waals surface area (Å²) in [4.78, 5) is 15.8. The second-order valence-electron chi connectivity index (χ2n) is 6.68. The van der Waals surface area contributed by atoms with Crippen molar-refractivity contribution in [3.8, 4) is 0 Å². The molecule has 0 aromatic heterocycles. The number of halogens is 1. The zero-order chi connectivity index (χ0) is 18.4. The molecule has 1 saturated heterocycles. The standard InChI is InChI=1S/C17H26ClN3O3S/c1-20(2)10-8-19-17(22)21-9-4-7-16(12-21)25(23,24)13-14-5-3-6-15(18)11-14/h3,5-6,11,16H,4,7-10,12-13H2,1-2H3,(H,19,22). The highest BCUT2D eigenvalue weighted by molar-refractivity contribution is 7.91. The Kier molecular flexibility index (Phi) is 7.10. The number of piperidine rings is 1. The molecule has 140 valence electrons. The van der Waals surface area contributed by atoms with Crippen LogP contribution in [0.25, 0.3) is 0 Å². The minimum absolute atomic E-state index is 0.0473. The van der Waals surface area contributed by atoms with E-state index in [0.29, 0.717) is 36.5 Å². The SMILES string of the molecule is CN(C)CCNC(=O)N1CCCC(S(=O)(=O)Cc2cccc(Cl)c2)C1. The number of sulfone groups is 1. The monoisotopic (exact) mass is 387 g/mol. The molecule has 0 bridgehead atoms. The van der Waals surface area contributed by atoms with Crippen LogP contribution in [0.15, 0.2) is 24.3 Å². The van der Waals surface area contributed by atoms with Crippen LogP contribution in [0.2, 0.25) is 5.02 Å². The van der Waals surface area contributed by atoms with Crippen molar-refractivity contribution >= 4 is 27.5 Å². The summed E-state index contributed by atoms with van der Waals surface area (Å²) in [5.41, 5.74) is 0.681. The number of urea groups is 1. The molecule has 1 aliphatic rings. The maximum atomic E-state index is 12.7. The van der Waals surface area contributed by atoms with E-state index in [-0.39, 0.29) is 18.3 Å². The highest BCUT2D eigenvalue weighted by Crippen LogP contribution is 2.22. The van der Waals surface area contributed by atoms with Crippen molar-refractivity contribution < 1.29 is 13.2 Å². The van der Waals surface area contributed by atoms with Gasteiger partial charge in [-0.15, -0.1) is 0 Å². The number of likely N-dealkylation sites (N-methyl/N-ethyl adjacent to an activating group) is 1. The molecule has 1 heterocycles. The largest absolute Gasteiger partial charge is 0.337 e. The highest BCUT2D eigenvalue weighted by Gasteiger charge is 2.32. The van der Waals surface area contributed by atoms with Crippen molar-refractivity contribution in [2.75, 3.05) is 40.3 Å². The third-order valence-corrected chi connectivity index (χ3v) is 6.64. The third-order valence-electron chi connectivity index (χ3n) is 4.27. The molecule has 1 aliphatic heterocycles. The smallest absolute Gasteiger partial charge is 0.317 e. The van der Waals surface area contributed by atoms with E-state index >= 15 is 0 Å². The molecule has 0 spiro atoms. The molecule has 2 amide bonds. The second kappa shape index (κ2) is 8.87. The van der Waals surface area contributed by atoms with Crippen LogP contribution < -0.4 is 5.32 Å². The minimum atomic E-state index is -3.34. The first-order valence-corrected chi connectivity index (χ1v) is 10.5. The molecule has 1 atom stereocenters. The normalized spacial score (nSPS) is 18.4. The van der Waals surface area contributed by atoms with Crippen LogP contribution in [0.5, 0.6) is 0 Å². The lowest BCUT2D eigenvalue weighted by atomic mass is 10.1. The fraction of sp³-hybridized carbons (Fsp3) is 0.588. The highest BCUT2D eigenvalue weighted by atomic mass is 35.5. The summed E-state index contributed by atoms with van der Waals surface area (Å²) in [7, 11) is 0.530. The molecule has 1 aromatic carbocycles. The third kappa shape index (κ3) is 6.17. The zero-order valence-corrected chi connectivity index (χ0v) is 16.3. The maximum Gasteiger partial charge on any atom is 0.317 e. The molecule has 0 aliphatic carbocycles. The molecule has 0 radical (unpaired) electrons. The summed E-state index contributed by atoms with van der Waals surface area (Å²) < 4.78 is 25.5. The van der Waals surface area contributed by atoms with Crippen LogP contribution in [0.4, 0.5) is 4.79 Å². The van der Waals surface area contributed by atoms with E-state index in [1.165, 1.54) is 0 Å². The van der Waals surface area contributed by atoms with Gasteiger partial charge >= 0.3 is 6.03 Å². The van der Waals surface area contributed by atoms with E-state index in [4.69, 9.17) is 11.6 Å². The Morgan fingerprint density at radius 2 is 2.16 bits per heavy atom. The Bertz CT molecular complexity index is 694. The van der Waals surface area contributed by atoms with Gasteiger partial charge in [0.25, 0.3) is 0 Å². The number of carbonyl (C=O) groups excluding carboxylic acids is 1. The average molecular weight is 388 g/mol. The van der Waals surface area contributed by atoms with Gasteiger partial charge < -0.3 is 15.1 Å². The molecular formula is C17H26ClN3O3S. The molecular weight excluding hydrogens is 362 g/mol. The van der Waals surface area contributed by atoms with Crippen molar-refractivity contribution in [2.24, 2.45) is 0 Å². The van der Waals surface area contributed by atoms with Gasteiger partial charge in [-0.05, 0) is 44.6 Å². The van der Waals surface area contributed by atoms with Crippen molar-refractivity contribution in [1.29, 1.82) is 0 Å². The van der Waals surface area contributed by atoms with Crippen LogP contribution in [-0.2, 0) is 15.6 Å². The Hall–Kier alpha value is -1.31. The van der Waals surface area contributed by atoms with Crippen LogP contribution in [0, 0.1) is 0 Å². The van der Waals surface area contributed by atoms with Gasteiger partial charge in [-0.25, -0.2) is 13.2 Å². The number of hydrogen-bond donors (Lipinski definition) is 1. The van der Waals surface area contributed by atoms with E-state index in [2.05, 4.69) is 5.32 Å². The number of likely N-dealkylation sites (tertiary alicyclic amines) is 1. The molecule has 2 rings (SSSR count). The Labute approximate surface area is 155 Å². The molecule has 6 nitrogen and oxygen atoms in total. The fourth-order valence-electron chi connectivity index (χ4n) is 2.89. The van der Waals surface area contributed by atoms with Crippen LogP contribution >= 0.6 is 11.6 Å². The molecule has 25 heavy (non-hydrogen) atoms. The zero-order valence-electron chi connectivity index (χ0n) is 14.7. The first-order chi connectivity index (χ1) is 11.8. The van der Waals surface area contributed by atoms with Gasteiger partial charge in [-0.1, -0.05) is 23.7 Å². The van der Waals surface area contributed by atoms with Crippen molar-refractivity contribution in [3.63, 3.8) is 0 Å². The molecule has 1 N–H and O–H groups in total. The molecule has 1 unspecified atom stereocenters. The minimum Gasteiger partial charge on any atom is -0.337 e. The Balaban J connectivity index is 1.96. The van der Waals surface area contributed by atoms with E-state index in [0.717, 1.165) is 6.54 Å². The van der Waals surface area contributed by atoms with E-state index in [1.54, 1.807) is 29.2 Å². The topological polar surface area (TPSA) is 69.7 Å². The van der Waals surface area contributed by atoms with E-state index in [1.807, 2.05) is 19.0 Å². The summed E-state index contributed by atoms with van der Waals surface area (Å²) in [6.45, 7) is 2.13. The number of amides is 2. The van der Waals surface area contributed by atoms with Gasteiger partial charge in [0.05, 0.1) is 11.0 Å². The van der Waals surface area contributed by atoms with Gasteiger partial charge in [0.15, 0.2) is 9.84 Å². The predicted octanol–water partition coefficient (Wildman–Crippen LogP) is 1.99. The number of nitrogens with one attached hydrogen (secondary N) is 1. The number of rotatable bonds is 6. The fourth-order valence-corrected chi connectivity index (χ4v) is 4.92. The number of hydrogen-bond acceptors (Lipinski definition) is 4. The maximum absolute atomic E-state index is 12.7. The Morgan fingerprint density at radius 1 is 1.40 bits per heavy atom. The number of benzene rings is 1. The first-order valence-electron chi connectivity index (χ1n) is 8.41. The van der Waals surface area contributed by atoms with Gasteiger partial charge in [0.2, 0.25) is 0 Å². The molecule has 1 fully saturated rings. The van der Waals surface area contributed by atoms with Gasteiger partial charge in [-0.3, -0.25) is 0 Å². The van der Waals surface area contributed by atoms with Crippen LogP contribution in [0.3, 0.4) is 0 Å². The molecule has 1 aromatic rings. The van der Waals surface area contributed by atoms with Gasteiger partial charge in [0, 0.05) is 31.2 Å². The first kappa shape index (κ1) is 20.0. The summed E-state index contributed by atoms with van der Waals surface area (Å²) in [6, 6.07) is 6.71. The van der Waals surface area contributed by atoms with Crippen molar-refractivity contribution in [1.82, 2.24) is 15.1 Å². The average Bonchev–Trinajstić information content (AvgIpc) is 2.54. The number of carbonyl (C=O) groups is 1. The van der Waals surface area contributed by atoms with Crippen molar-refractivity contribution in [2.45, 2.75) is 23.8 Å². The quantitative estimate of drug-likeness (QED) is 0.810. The van der Waals surface area contributed by atoms with Gasteiger partial charge in [-0.2, -0.15) is 0 Å². The van der Waals surface area contributed by atoms with E-state index < -0.39 is 15.1 Å². The molecule has 0 saturated carbocycles. The summed E-state index contributed by atoms with van der Waals surface area (Å²) in [5, 5.41) is 2.84. The van der Waals surface area contributed by atoms with E-state index in [9.17, 15) is 13.2 Å². The predicted molar refractivity (Wildman–Crippen MR) is 101 cm³/mol. The lowest BCUT2D eigenvalue weighted by molar-refractivity contribution is 0.186. The van der Waals surface area contributed by atoms with Gasteiger partial charge in [0.1, 0.15) is 0 Å². The lowest BCUT2D eigenvalue weighted by Gasteiger charge is -2.32.